The second-order valence-corrected chi connectivity index (χ2v) is 8.85. The first-order valence-corrected chi connectivity index (χ1v) is 11.4. The van der Waals surface area contributed by atoms with Crippen molar-refractivity contribution in [1.82, 2.24) is 20.5 Å². The molecule has 3 heterocycles. The van der Waals surface area contributed by atoms with Crippen molar-refractivity contribution in [2.45, 2.75) is 31.6 Å². The summed E-state index contributed by atoms with van der Waals surface area (Å²) in [6.45, 7) is 6.87. The number of morpholine rings is 1. The van der Waals surface area contributed by atoms with Gasteiger partial charge in [-0.05, 0) is 19.1 Å². The molecule has 158 valence electrons. The number of rotatable bonds is 6. The minimum Gasteiger partial charge on any atom is -0.379 e. The van der Waals surface area contributed by atoms with E-state index >= 15 is 0 Å². The van der Waals surface area contributed by atoms with Crippen molar-refractivity contribution in [1.29, 1.82) is 0 Å². The van der Waals surface area contributed by atoms with Crippen LogP contribution >= 0.6 is 23.1 Å². The molecule has 0 bridgehead atoms. The van der Waals surface area contributed by atoms with Crippen LogP contribution in [-0.2, 0) is 17.5 Å². The van der Waals surface area contributed by atoms with E-state index < -0.39 is 11.9 Å². The SMILES string of the molecule is CCNC(=NCc1nc(C(F)(F)F)cs1)NCC1(N2CCOCC2)CCSC1. The fourth-order valence-corrected chi connectivity index (χ4v) is 5.59. The largest absolute Gasteiger partial charge is 0.434 e. The van der Waals surface area contributed by atoms with Crippen molar-refractivity contribution in [3.05, 3.63) is 16.1 Å². The average Bonchev–Trinajstić information content (AvgIpc) is 3.35. The van der Waals surface area contributed by atoms with Gasteiger partial charge in [0, 0.05) is 42.9 Å². The van der Waals surface area contributed by atoms with Crippen LogP contribution in [0.3, 0.4) is 0 Å². The minimum atomic E-state index is -4.41. The molecule has 0 spiro atoms. The fourth-order valence-electron chi connectivity index (χ4n) is 3.39. The van der Waals surface area contributed by atoms with E-state index in [1.54, 1.807) is 0 Å². The van der Waals surface area contributed by atoms with Crippen LogP contribution in [0.2, 0.25) is 0 Å². The molecular weight excluding hydrogens is 411 g/mol. The Morgan fingerprint density at radius 3 is 2.75 bits per heavy atom. The summed E-state index contributed by atoms with van der Waals surface area (Å²) in [5.41, 5.74) is -0.787. The van der Waals surface area contributed by atoms with E-state index in [9.17, 15) is 13.2 Å². The smallest absolute Gasteiger partial charge is 0.379 e. The molecule has 0 saturated carbocycles. The Balaban J connectivity index is 1.63. The highest BCUT2D eigenvalue weighted by atomic mass is 32.2. The number of alkyl halides is 3. The van der Waals surface area contributed by atoms with Crippen molar-refractivity contribution in [3.8, 4) is 0 Å². The first-order chi connectivity index (χ1) is 13.4. The number of hydrogen-bond acceptors (Lipinski definition) is 6. The van der Waals surface area contributed by atoms with Gasteiger partial charge in [0.2, 0.25) is 0 Å². The lowest BCUT2D eigenvalue weighted by Crippen LogP contribution is -2.60. The summed E-state index contributed by atoms with van der Waals surface area (Å²) in [6, 6.07) is 0. The van der Waals surface area contributed by atoms with Crippen LogP contribution in [0.1, 0.15) is 24.0 Å². The lowest BCUT2D eigenvalue weighted by molar-refractivity contribution is -0.140. The van der Waals surface area contributed by atoms with Gasteiger partial charge in [0.05, 0.1) is 19.8 Å². The molecule has 0 aliphatic carbocycles. The van der Waals surface area contributed by atoms with Gasteiger partial charge in [0.1, 0.15) is 5.01 Å². The highest BCUT2D eigenvalue weighted by Crippen LogP contribution is 2.33. The summed E-state index contributed by atoms with van der Waals surface area (Å²) >= 11 is 2.94. The first-order valence-electron chi connectivity index (χ1n) is 9.37. The second kappa shape index (κ2) is 9.64. The van der Waals surface area contributed by atoms with E-state index in [1.807, 2.05) is 18.7 Å². The number of aromatic nitrogens is 1. The Kier molecular flexibility index (Phi) is 7.46. The molecule has 0 amide bonds. The monoisotopic (exact) mass is 437 g/mol. The third-order valence-corrected chi connectivity index (χ3v) is 6.98. The van der Waals surface area contributed by atoms with Crippen molar-refractivity contribution in [3.63, 3.8) is 0 Å². The number of thioether (sulfide) groups is 1. The zero-order valence-corrected chi connectivity index (χ0v) is 17.5. The molecule has 3 rings (SSSR count). The molecule has 1 aromatic heterocycles. The fraction of sp³-hybridized carbons (Fsp3) is 0.765. The zero-order chi connectivity index (χ0) is 20.0. The Bertz CT molecular complexity index is 655. The average molecular weight is 438 g/mol. The predicted molar refractivity (Wildman–Crippen MR) is 107 cm³/mol. The van der Waals surface area contributed by atoms with Crippen molar-refractivity contribution in [2.75, 3.05) is 50.9 Å². The van der Waals surface area contributed by atoms with Gasteiger partial charge in [-0.15, -0.1) is 11.3 Å². The van der Waals surface area contributed by atoms with Crippen molar-refractivity contribution < 1.29 is 17.9 Å². The predicted octanol–water partition coefficient (Wildman–Crippen LogP) is 2.42. The summed E-state index contributed by atoms with van der Waals surface area (Å²) in [4.78, 5) is 10.6. The zero-order valence-electron chi connectivity index (χ0n) is 15.8. The molecule has 1 atom stereocenters. The number of nitrogens with zero attached hydrogens (tertiary/aromatic N) is 3. The summed E-state index contributed by atoms with van der Waals surface area (Å²) in [5, 5.41) is 7.97. The first kappa shape index (κ1) is 21.7. The maximum Gasteiger partial charge on any atom is 0.434 e. The number of halogens is 3. The number of nitrogens with one attached hydrogen (secondary N) is 2. The molecule has 6 nitrogen and oxygen atoms in total. The third kappa shape index (κ3) is 5.52. The Morgan fingerprint density at radius 2 is 2.14 bits per heavy atom. The van der Waals surface area contributed by atoms with E-state index in [0.717, 1.165) is 67.5 Å². The number of thiazole rings is 1. The van der Waals surface area contributed by atoms with E-state index in [2.05, 4.69) is 25.5 Å². The van der Waals surface area contributed by atoms with Crippen LogP contribution in [-0.4, -0.2) is 72.3 Å². The topological polar surface area (TPSA) is 61.8 Å². The minimum absolute atomic E-state index is 0.0648. The van der Waals surface area contributed by atoms with Gasteiger partial charge in [-0.25, -0.2) is 9.98 Å². The second-order valence-electron chi connectivity index (χ2n) is 6.80. The van der Waals surface area contributed by atoms with Crippen LogP contribution < -0.4 is 10.6 Å². The molecule has 1 aromatic rings. The molecule has 2 N–H and O–H groups in total. The normalized spacial score (nSPS) is 24.5. The molecule has 2 fully saturated rings. The molecule has 2 aliphatic heterocycles. The van der Waals surface area contributed by atoms with E-state index in [1.165, 1.54) is 0 Å². The molecule has 11 heteroatoms. The lowest BCUT2D eigenvalue weighted by atomic mass is 9.95. The molecule has 1 unspecified atom stereocenters. The highest BCUT2D eigenvalue weighted by molar-refractivity contribution is 7.99. The quantitative estimate of drug-likeness (QED) is 0.527. The Hall–Kier alpha value is -1.04. The molecule has 0 aromatic carbocycles. The van der Waals surface area contributed by atoms with Gasteiger partial charge in [-0.1, -0.05) is 0 Å². The number of guanidine groups is 1. The number of hydrogen-bond donors (Lipinski definition) is 2. The highest BCUT2D eigenvalue weighted by Gasteiger charge is 2.40. The third-order valence-electron chi connectivity index (χ3n) is 4.91. The Labute approximate surface area is 171 Å². The Morgan fingerprint density at radius 1 is 1.36 bits per heavy atom. The number of aliphatic imine (C=N–C) groups is 1. The van der Waals surface area contributed by atoms with E-state index in [-0.39, 0.29) is 12.1 Å². The van der Waals surface area contributed by atoms with Crippen LogP contribution in [0.25, 0.3) is 0 Å². The maximum atomic E-state index is 12.7. The molecular formula is C17H26F3N5OS2. The van der Waals surface area contributed by atoms with Gasteiger partial charge >= 0.3 is 6.18 Å². The van der Waals surface area contributed by atoms with Crippen LogP contribution in [0.4, 0.5) is 13.2 Å². The van der Waals surface area contributed by atoms with Gasteiger partial charge in [-0.3, -0.25) is 4.90 Å². The van der Waals surface area contributed by atoms with Gasteiger partial charge < -0.3 is 15.4 Å². The summed E-state index contributed by atoms with van der Waals surface area (Å²) in [7, 11) is 0. The molecule has 2 saturated heterocycles. The van der Waals surface area contributed by atoms with Crippen LogP contribution in [0.5, 0.6) is 0 Å². The van der Waals surface area contributed by atoms with Crippen LogP contribution in [0.15, 0.2) is 10.4 Å². The maximum absolute atomic E-state index is 12.7. The van der Waals surface area contributed by atoms with Gasteiger partial charge in [0.25, 0.3) is 0 Å². The molecule has 2 aliphatic rings. The number of ether oxygens (including phenoxy) is 1. The van der Waals surface area contributed by atoms with E-state index in [0.29, 0.717) is 17.5 Å². The molecule has 28 heavy (non-hydrogen) atoms. The van der Waals surface area contributed by atoms with Crippen molar-refractivity contribution in [2.24, 2.45) is 4.99 Å². The van der Waals surface area contributed by atoms with Gasteiger partial charge in [-0.2, -0.15) is 24.9 Å². The summed E-state index contributed by atoms with van der Waals surface area (Å²) in [6.07, 6.45) is -3.31. The summed E-state index contributed by atoms with van der Waals surface area (Å²) < 4.78 is 43.6. The molecule has 0 radical (unpaired) electrons. The summed E-state index contributed by atoms with van der Waals surface area (Å²) in [5.74, 6) is 2.79. The van der Waals surface area contributed by atoms with E-state index in [4.69, 9.17) is 4.74 Å². The van der Waals surface area contributed by atoms with Crippen LogP contribution in [0, 0.1) is 0 Å². The van der Waals surface area contributed by atoms with Crippen molar-refractivity contribution >= 4 is 29.1 Å². The lowest BCUT2D eigenvalue weighted by Gasteiger charge is -2.43. The standard InChI is InChI=1S/C17H26F3N5OS2/c1-2-21-15(22-9-14-24-13(10-28-14)17(18,19)20)23-11-16(3-8-27-12-16)25-4-6-26-7-5-25/h10H,2-9,11-12H2,1H3,(H2,21,22,23). The van der Waals surface area contributed by atoms with Gasteiger partial charge in [0.15, 0.2) is 11.7 Å².